The molecule has 2 rings (SSSR count). The number of aromatic hydroxyl groups is 1. The van der Waals surface area contributed by atoms with E-state index in [0.717, 1.165) is 24.8 Å². The molecular formula is C11H14FNO. The molecule has 1 aliphatic rings. The normalized spacial score (nSPS) is 19.1. The SMILES string of the molecule is Cc1cc(F)c(O)c(C2(N)CCC2)c1. The van der Waals surface area contributed by atoms with Crippen LogP contribution in [-0.4, -0.2) is 5.11 Å². The minimum atomic E-state index is -0.572. The van der Waals surface area contributed by atoms with Gasteiger partial charge in [0.25, 0.3) is 0 Å². The first-order valence-electron chi connectivity index (χ1n) is 4.81. The molecule has 76 valence electrons. The first-order chi connectivity index (χ1) is 6.53. The highest BCUT2D eigenvalue weighted by molar-refractivity contribution is 5.43. The third-order valence-corrected chi connectivity index (χ3v) is 2.99. The number of halogens is 1. The molecule has 0 spiro atoms. The lowest BCUT2D eigenvalue weighted by molar-refractivity contribution is 0.243. The minimum absolute atomic E-state index is 0.280. The zero-order valence-corrected chi connectivity index (χ0v) is 8.18. The van der Waals surface area contributed by atoms with Crippen molar-refractivity contribution >= 4 is 0 Å². The number of nitrogens with two attached hydrogens (primary N) is 1. The van der Waals surface area contributed by atoms with Crippen LogP contribution in [-0.2, 0) is 5.54 Å². The highest BCUT2D eigenvalue weighted by Gasteiger charge is 2.37. The van der Waals surface area contributed by atoms with Gasteiger partial charge in [-0.3, -0.25) is 0 Å². The molecule has 1 aromatic carbocycles. The van der Waals surface area contributed by atoms with Gasteiger partial charge in [-0.05, 0) is 37.8 Å². The molecule has 0 heterocycles. The topological polar surface area (TPSA) is 46.2 Å². The molecule has 1 aromatic rings. The van der Waals surface area contributed by atoms with Crippen molar-refractivity contribution < 1.29 is 9.50 Å². The van der Waals surface area contributed by atoms with Gasteiger partial charge in [0, 0.05) is 11.1 Å². The average molecular weight is 195 g/mol. The molecule has 0 amide bonds. The van der Waals surface area contributed by atoms with Crippen LogP contribution in [0.2, 0.25) is 0 Å². The fraction of sp³-hybridized carbons (Fsp3) is 0.455. The maximum absolute atomic E-state index is 13.2. The van der Waals surface area contributed by atoms with Crippen LogP contribution < -0.4 is 5.73 Å². The number of aryl methyl sites for hydroxylation is 1. The van der Waals surface area contributed by atoms with Gasteiger partial charge in [-0.25, -0.2) is 4.39 Å². The molecule has 3 heteroatoms. The molecular weight excluding hydrogens is 181 g/mol. The first-order valence-corrected chi connectivity index (χ1v) is 4.81. The van der Waals surface area contributed by atoms with Crippen LogP contribution in [0.3, 0.4) is 0 Å². The molecule has 0 radical (unpaired) electrons. The Bertz CT molecular complexity index is 372. The summed E-state index contributed by atoms with van der Waals surface area (Å²) in [6, 6.07) is 3.10. The second-order valence-corrected chi connectivity index (χ2v) is 4.15. The van der Waals surface area contributed by atoms with Crippen LogP contribution >= 0.6 is 0 Å². The summed E-state index contributed by atoms with van der Waals surface area (Å²) in [6.07, 6.45) is 2.69. The highest BCUT2D eigenvalue weighted by Crippen LogP contribution is 2.43. The number of benzene rings is 1. The van der Waals surface area contributed by atoms with Crippen LogP contribution in [0.5, 0.6) is 5.75 Å². The van der Waals surface area contributed by atoms with Crippen LogP contribution in [0.4, 0.5) is 4.39 Å². The van der Waals surface area contributed by atoms with E-state index in [2.05, 4.69) is 0 Å². The van der Waals surface area contributed by atoms with Crippen molar-refractivity contribution in [1.82, 2.24) is 0 Å². The molecule has 1 saturated carbocycles. The summed E-state index contributed by atoms with van der Waals surface area (Å²) >= 11 is 0. The van der Waals surface area contributed by atoms with Crippen molar-refractivity contribution in [3.8, 4) is 5.75 Å². The van der Waals surface area contributed by atoms with Gasteiger partial charge in [-0.1, -0.05) is 6.07 Å². The Morgan fingerprint density at radius 2 is 2.07 bits per heavy atom. The molecule has 0 bridgehead atoms. The number of hydrogen-bond acceptors (Lipinski definition) is 2. The summed E-state index contributed by atoms with van der Waals surface area (Å²) in [6.45, 7) is 1.80. The Hall–Kier alpha value is -1.09. The summed E-state index contributed by atoms with van der Waals surface area (Å²) in [5.74, 6) is -0.852. The Balaban J connectivity index is 2.51. The maximum atomic E-state index is 13.2. The van der Waals surface area contributed by atoms with Crippen LogP contribution in [0.25, 0.3) is 0 Å². The summed E-state index contributed by atoms with van der Waals surface area (Å²) in [5.41, 5.74) is 6.89. The van der Waals surface area contributed by atoms with Gasteiger partial charge in [-0.15, -0.1) is 0 Å². The van der Waals surface area contributed by atoms with E-state index in [4.69, 9.17) is 5.73 Å². The van der Waals surface area contributed by atoms with E-state index in [0.29, 0.717) is 5.56 Å². The highest BCUT2D eigenvalue weighted by atomic mass is 19.1. The average Bonchev–Trinajstić information content (AvgIpc) is 2.07. The Kier molecular flexibility index (Phi) is 2.00. The largest absolute Gasteiger partial charge is 0.505 e. The van der Waals surface area contributed by atoms with Gasteiger partial charge >= 0.3 is 0 Å². The first kappa shape index (κ1) is 9.46. The van der Waals surface area contributed by atoms with Crippen molar-refractivity contribution in [3.63, 3.8) is 0 Å². The standard InChI is InChI=1S/C11H14FNO/c1-7-5-8(10(14)9(12)6-7)11(13)3-2-4-11/h5-6,14H,2-4,13H2,1H3. The quantitative estimate of drug-likeness (QED) is 0.721. The molecule has 2 nitrogen and oxygen atoms in total. The zero-order chi connectivity index (χ0) is 10.3. The van der Waals surface area contributed by atoms with Crippen molar-refractivity contribution in [1.29, 1.82) is 0 Å². The minimum Gasteiger partial charge on any atom is -0.505 e. The molecule has 0 atom stereocenters. The van der Waals surface area contributed by atoms with Crippen molar-refractivity contribution in [2.75, 3.05) is 0 Å². The molecule has 14 heavy (non-hydrogen) atoms. The Morgan fingerprint density at radius 3 is 2.57 bits per heavy atom. The van der Waals surface area contributed by atoms with Crippen molar-refractivity contribution in [3.05, 3.63) is 29.1 Å². The molecule has 0 unspecified atom stereocenters. The fourth-order valence-corrected chi connectivity index (χ4v) is 1.94. The molecule has 3 N–H and O–H groups in total. The van der Waals surface area contributed by atoms with E-state index >= 15 is 0 Å². The Morgan fingerprint density at radius 1 is 1.43 bits per heavy atom. The van der Waals surface area contributed by atoms with Crippen LogP contribution in [0, 0.1) is 12.7 Å². The van der Waals surface area contributed by atoms with E-state index in [1.807, 2.05) is 0 Å². The lowest BCUT2D eigenvalue weighted by atomic mass is 9.72. The molecule has 0 aliphatic heterocycles. The van der Waals surface area contributed by atoms with E-state index in [1.165, 1.54) is 6.07 Å². The third kappa shape index (κ3) is 1.28. The van der Waals surface area contributed by atoms with Crippen LogP contribution in [0.15, 0.2) is 12.1 Å². The van der Waals surface area contributed by atoms with Gasteiger partial charge in [0.15, 0.2) is 11.6 Å². The second-order valence-electron chi connectivity index (χ2n) is 4.15. The van der Waals surface area contributed by atoms with Crippen LogP contribution in [0.1, 0.15) is 30.4 Å². The lowest BCUT2D eigenvalue weighted by Gasteiger charge is -2.39. The Labute approximate surface area is 82.5 Å². The summed E-state index contributed by atoms with van der Waals surface area (Å²) in [5, 5.41) is 9.57. The van der Waals surface area contributed by atoms with Gasteiger partial charge in [0.05, 0.1) is 0 Å². The summed E-state index contributed by atoms with van der Waals surface area (Å²) in [4.78, 5) is 0. The molecule has 1 aliphatic carbocycles. The molecule has 0 aromatic heterocycles. The number of hydrogen-bond donors (Lipinski definition) is 2. The van der Waals surface area contributed by atoms with Crippen molar-refractivity contribution in [2.24, 2.45) is 5.73 Å². The van der Waals surface area contributed by atoms with Gasteiger partial charge in [-0.2, -0.15) is 0 Å². The summed E-state index contributed by atoms with van der Waals surface area (Å²) < 4.78 is 13.2. The van der Waals surface area contributed by atoms with E-state index in [1.54, 1.807) is 13.0 Å². The number of phenols is 1. The van der Waals surface area contributed by atoms with Gasteiger partial charge < -0.3 is 10.8 Å². The smallest absolute Gasteiger partial charge is 0.165 e. The third-order valence-electron chi connectivity index (χ3n) is 2.99. The predicted molar refractivity (Wildman–Crippen MR) is 52.5 cm³/mol. The molecule has 1 fully saturated rings. The molecule has 0 saturated heterocycles. The predicted octanol–water partition coefficient (Wildman–Crippen LogP) is 2.18. The monoisotopic (exact) mass is 195 g/mol. The number of rotatable bonds is 1. The van der Waals surface area contributed by atoms with E-state index < -0.39 is 11.4 Å². The van der Waals surface area contributed by atoms with Gasteiger partial charge in [0.2, 0.25) is 0 Å². The summed E-state index contributed by atoms with van der Waals surface area (Å²) in [7, 11) is 0. The maximum Gasteiger partial charge on any atom is 0.165 e. The fourth-order valence-electron chi connectivity index (χ4n) is 1.94. The second kappa shape index (κ2) is 2.95. The van der Waals surface area contributed by atoms with E-state index in [-0.39, 0.29) is 5.75 Å². The lowest BCUT2D eigenvalue weighted by Crippen LogP contribution is -2.43. The zero-order valence-electron chi connectivity index (χ0n) is 8.18. The van der Waals surface area contributed by atoms with E-state index in [9.17, 15) is 9.50 Å². The van der Waals surface area contributed by atoms with Gasteiger partial charge in [0.1, 0.15) is 0 Å². The number of phenolic OH excluding ortho intramolecular Hbond substituents is 1. The van der Waals surface area contributed by atoms with Crippen molar-refractivity contribution in [2.45, 2.75) is 31.7 Å².